The van der Waals surface area contributed by atoms with E-state index in [1.165, 1.54) is 30.5 Å². The van der Waals surface area contributed by atoms with E-state index in [4.69, 9.17) is 0 Å². The molecule has 0 amide bonds. The first kappa shape index (κ1) is 18.2. The van der Waals surface area contributed by atoms with Crippen LogP contribution in [0.2, 0.25) is 0 Å². The van der Waals surface area contributed by atoms with Gasteiger partial charge in [0.2, 0.25) is 10.0 Å². The second-order valence-corrected chi connectivity index (χ2v) is 7.26. The van der Waals surface area contributed by atoms with E-state index < -0.39 is 38.4 Å². The van der Waals surface area contributed by atoms with Gasteiger partial charge in [-0.1, -0.05) is 12.1 Å². The molecule has 0 aliphatic rings. The summed E-state index contributed by atoms with van der Waals surface area (Å²) >= 11 is 0. The Morgan fingerprint density at radius 3 is 2.31 bits per heavy atom. The lowest BCUT2D eigenvalue weighted by Crippen LogP contribution is -2.31. The van der Waals surface area contributed by atoms with Crippen LogP contribution < -0.4 is 4.72 Å². The first-order valence-electron chi connectivity index (χ1n) is 7.48. The molecule has 0 fully saturated rings. The Morgan fingerprint density at radius 2 is 1.69 bits per heavy atom. The summed E-state index contributed by atoms with van der Waals surface area (Å²) in [4.78, 5) is 3.29. The number of aryl methyl sites for hydroxylation is 1. The summed E-state index contributed by atoms with van der Waals surface area (Å²) in [6.07, 6.45) is 3.06. The molecule has 0 bridgehead atoms. The van der Waals surface area contributed by atoms with Crippen LogP contribution in [0.1, 0.15) is 17.4 Å². The SMILES string of the molecule is Cn1ccnc1C(NS(=O)(=O)c1cc(F)ccc1F)c1ccc(F)cc1. The largest absolute Gasteiger partial charge is 0.336 e. The predicted octanol–water partition coefficient (Wildman–Crippen LogP) is 2.91. The minimum absolute atomic E-state index is 0.303. The van der Waals surface area contributed by atoms with Gasteiger partial charge in [-0.3, -0.25) is 0 Å². The van der Waals surface area contributed by atoms with Gasteiger partial charge in [0.15, 0.2) is 0 Å². The molecule has 0 saturated heterocycles. The Bertz CT molecular complexity index is 1030. The van der Waals surface area contributed by atoms with E-state index in [2.05, 4.69) is 9.71 Å². The third-order valence-corrected chi connectivity index (χ3v) is 5.21. The fourth-order valence-corrected chi connectivity index (χ4v) is 3.75. The number of halogens is 3. The number of hydrogen-bond donors (Lipinski definition) is 1. The molecule has 1 unspecified atom stereocenters. The Kier molecular flexibility index (Phi) is 4.84. The molecule has 0 aliphatic carbocycles. The van der Waals surface area contributed by atoms with Crippen molar-refractivity contribution in [2.45, 2.75) is 10.9 Å². The third-order valence-electron chi connectivity index (χ3n) is 3.78. The Morgan fingerprint density at radius 1 is 1.04 bits per heavy atom. The van der Waals surface area contributed by atoms with Crippen LogP contribution in [-0.4, -0.2) is 18.0 Å². The molecule has 3 aromatic rings. The Labute approximate surface area is 148 Å². The van der Waals surface area contributed by atoms with Crippen molar-refractivity contribution in [3.63, 3.8) is 0 Å². The van der Waals surface area contributed by atoms with Gasteiger partial charge in [-0.25, -0.2) is 26.6 Å². The molecule has 1 N–H and O–H groups in total. The van der Waals surface area contributed by atoms with Gasteiger partial charge in [0.05, 0.1) is 0 Å². The maximum Gasteiger partial charge on any atom is 0.244 e. The van der Waals surface area contributed by atoms with Crippen LogP contribution in [0.15, 0.2) is 59.8 Å². The minimum atomic E-state index is -4.43. The summed E-state index contributed by atoms with van der Waals surface area (Å²) in [5, 5.41) is 0. The summed E-state index contributed by atoms with van der Waals surface area (Å²) in [5.41, 5.74) is 0.390. The lowest BCUT2D eigenvalue weighted by Gasteiger charge is -2.19. The normalized spacial score (nSPS) is 12.9. The molecule has 1 aromatic heterocycles. The van der Waals surface area contributed by atoms with Gasteiger partial charge in [-0.2, -0.15) is 4.72 Å². The van der Waals surface area contributed by atoms with Crippen molar-refractivity contribution in [2.24, 2.45) is 7.05 Å². The van der Waals surface area contributed by atoms with E-state index in [0.29, 0.717) is 17.5 Å². The highest BCUT2D eigenvalue weighted by Crippen LogP contribution is 2.25. The topological polar surface area (TPSA) is 64.0 Å². The molecular formula is C17H14F3N3O2S. The Balaban J connectivity index is 2.07. The van der Waals surface area contributed by atoms with E-state index in [9.17, 15) is 21.6 Å². The highest BCUT2D eigenvalue weighted by atomic mass is 32.2. The summed E-state index contributed by atoms with van der Waals surface area (Å²) in [7, 11) is -2.78. The van der Waals surface area contributed by atoms with Gasteiger partial charge in [0, 0.05) is 19.4 Å². The van der Waals surface area contributed by atoms with E-state index in [-0.39, 0.29) is 0 Å². The third kappa shape index (κ3) is 3.63. The molecule has 26 heavy (non-hydrogen) atoms. The van der Waals surface area contributed by atoms with Crippen LogP contribution in [0.25, 0.3) is 0 Å². The van der Waals surface area contributed by atoms with Crippen LogP contribution in [0, 0.1) is 17.5 Å². The second kappa shape index (κ2) is 6.93. The first-order chi connectivity index (χ1) is 12.3. The Hall–Kier alpha value is -2.65. The van der Waals surface area contributed by atoms with E-state index >= 15 is 0 Å². The predicted molar refractivity (Wildman–Crippen MR) is 88.1 cm³/mol. The van der Waals surface area contributed by atoms with Crippen molar-refractivity contribution in [2.75, 3.05) is 0 Å². The van der Waals surface area contributed by atoms with Crippen molar-refractivity contribution in [3.05, 3.63) is 83.7 Å². The van der Waals surface area contributed by atoms with E-state index in [0.717, 1.165) is 12.1 Å². The number of hydrogen-bond acceptors (Lipinski definition) is 3. The number of imidazole rings is 1. The summed E-state index contributed by atoms with van der Waals surface area (Å²) < 4.78 is 69.7. The molecule has 136 valence electrons. The molecule has 0 spiro atoms. The average molecular weight is 381 g/mol. The van der Waals surface area contributed by atoms with Gasteiger partial charge in [-0.05, 0) is 35.9 Å². The van der Waals surface area contributed by atoms with Gasteiger partial charge in [0.1, 0.15) is 34.2 Å². The van der Waals surface area contributed by atoms with Crippen molar-refractivity contribution >= 4 is 10.0 Å². The van der Waals surface area contributed by atoms with Gasteiger partial charge in [0.25, 0.3) is 0 Å². The van der Waals surface area contributed by atoms with E-state index in [1.807, 2.05) is 0 Å². The summed E-state index contributed by atoms with van der Waals surface area (Å²) in [6.45, 7) is 0. The maximum atomic E-state index is 13.9. The smallest absolute Gasteiger partial charge is 0.244 e. The zero-order valence-electron chi connectivity index (χ0n) is 13.5. The molecule has 9 heteroatoms. The lowest BCUT2D eigenvalue weighted by molar-refractivity contribution is 0.536. The van der Waals surface area contributed by atoms with Gasteiger partial charge < -0.3 is 4.57 Å². The zero-order valence-corrected chi connectivity index (χ0v) is 14.3. The molecule has 1 heterocycles. The summed E-state index contributed by atoms with van der Waals surface area (Å²) in [6, 6.07) is 6.24. The second-order valence-electron chi connectivity index (χ2n) is 5.58. The summed E-state index contributed by atoms with van der Waals surface area (Å²) in [5.74, 6) is -2.16. The zero-order chi connectivity index (χ0) is 18.9. The van der Waals surface area contributed by atoms with Crippen molar-refractivity contribution < 1.29 is 21.6 Å². The lowest BCUT2D eigenvalue weighted by atomic mass is 10.1. The number of nitrogens with one attached hydrogen (secondary N) is 1. The van der Waals surface area contributed by atoms with Gasteiger partial charge in [-0.15, -0.1) is 0 Å². The molecular weight excluding hydrogens is 367 g/mol. The highest BCUT2D eigenvalue weighted by molar-refractivity contribution is 7.89. The molecule has 0 saturated carbocycles. The van der Waals surface area contributed by atoms with Crippen LogP contribution >= 0.6 is 0 Å². The standard InChI is InChI=1S/C17H14F3N3O2S/c1-23-9-8-21-17(23)16(11-2-4-12(18)5-3-11)22-26(24,25)15-10-13(19)6-7-14(15)20/h2-10,16,22H,1H3. The fourth-order valence-electron chi connectivity index (χ4n) is 2.48. The number of nitrogens with zero attached hydrogens (tertiary/aromatic N) is 2. The van der Waals surface area contributed by atoms with Crippen molar-refractivity contribution in [1.29, 1.82) is 0 Å². The molecule has 3 rings (SSSR count). The number of aromatic nitrogens is 2. The molecule has 2 aromatic carbocycles. The highest BCUT2D eigenvalue weighted by Gasteiger charge is 2.28. The van der Waals surface area contributed by atoms with E-state index in [1.54, 1.807) is 17.8 Å². The van der Waals surface area contributed by atoms with Crippen LogP contribution in [-0.2, 0) is 17.1 Å². The number of rotatable bonds is 5. The van der Waals surface area contributed by atoms with Crippen LogP contribution in [0.5, 0.6) is 0 Å². The number of sulfonamides is 1. The quantitative estimate of drug-likeness (QED) is 0.739. The number of benzene rings is 2. The molecule has 5 nitrogen and oxygen atoms in total. The van der Waals surface area contributed by atoms with Crippen molar-refractivity contribution in [3.8, 4) is 0 Å². The molecule has 1 atom stereocenters. The molecule has 0 aliphatic heterocycles. The van der Waals surface area contributed by atoms with Crippen LogP contribution in [0.4, 0.5) is 13.2 Å². The van der Waals surface area contributed by atoms with Crippen molar-refractivity contribution in [1.82, 2.24) is 14.3 Å². The molecule has 0 radical (unpaired) electrons. The van der Waals surface area contributed by atoms with Crippen LogP contribution in [0.3, 0.4) is 0 Å². The average Bonchev–Trinajstić information content (AvgIpc) is 3.01. The van der Waals surface area contributed by atoms with Gasteiger partial charge >= 0.3 is 0 Å². The maximum absolute atomic E-state index is 13.9. The minimum Gasteiger partial charge on any atom is -0.336 e. The fraction of sp³-hybridized carbons (Fsp3) is 0.118. The first-order valence-corrected chi connectivity index (χ1v) is 8.96. The monoisotopic (exact) mass is 381 g/mol.